The zero-order chi connectivity index (χ0) is 45.7. The Labute approximate surface area is 343 Å². The van der Waals surface area contributed by atoms with E-state index in [1.165, 1.54) is 69.5 Å². The van der Waals surface area contributed by atoms with Gasteiger partial charge in [0.25, 0.3) is 11.7 Å². The number of halogens is 8. The van der Waals surface area contributed by atoms with Crippen LogP contribution in [0, 0.1) is 5.92 Å². The highest BCUT2D eigenvalue weighted by atomic mass is 32.2. The summed E-state index contributed by atoms with van der Waals surface area (Å²) in [6.45, 7) is 1.25. The van der Waals surface area contributed by atoms with Gasteiger partial charge in [-0.15, -0.1) is 0 Å². The number of hydrogen-bond acceptors (Lipinski definition) is 8. The number of Topliss-reactive ketones (excluding diaryl/α,β-unsaturated/α-hetero) is 1. The molecule has 332 valence electrons. The number of nitrogens with one attached hydrogen (secondary N) is 3. The normalized spacial score (nSPS) is 17.0. The number of amides is 4. The van der Waals surface area contributed by atoms with E-state index in [9.17, 15) is 58.7 Å². The van der Waals surface area contributed by atoms with E-state index in [1.807, 2.05) is 5.32 Å². The molecule has 1 fully saturated rings. The lowest BCUT2D eigenvalue weighted by Gasteiger charge is -2.31. The third kappa shape index (κ3) is 11.9. The van der Waals surface area contributed by atoms with Crippen LogP contribution in [-0.4, -0.2) is 91.2 Å². The molecule has 22 heteroatoms. The van der Waals surface area contributed by atoms with Crippen molar-refractivity contribution in [2.75, 3.05) is 13.7 Å². The van der Waals surface area contributed by atoms with Crippen LogP contribution in [0.5, 0.6) is 5.75 Å². The Bertz CT molecular complexity index is 2200. The minimum absolute atomic E-state index is 0.0799. The molecule has 0 bridgehead atoms. The van der Waals surface area contributed by atoms with E-state index < -0.39 is 123 Å². The predicted octanol–water partition coefficient (Wildman–Crippen LogP) is 5.16. The van der Waals surface area contributed by atoms with Gasteiger partial charge in [0, 0.05) is 25.1 Å². The van der Waals surface area contributed by atoms with Crippen LogP contribution < -0.4 is 20.7 Å². The van der Waals surface area contributed by atoms with Crippen molar-refractivity contribution in [3.05, 3.63) is 101 Å². The van der Waals surface area contributed by atoms with Gasteiger partial charge in [0.1, 0.15) is 17.8 Å². The fourth-order valence-electron chi connectivity index (χ4n) is 6.56. The Hall–Kier alpha value is -5.80. The smallest absolute Gasteiger partial charge is 0.452 e. The maximum absolute atomic E-state index is 15.8. The van der Waals surface area contributed by atoms with E-state index in [1.54, 1.807) is 5.32 Å². The van der Waals surface area contributed by atoms with Crippen LogP contribution in [0.15, 0.2) is 72.8 Å². The Morgan fingerprint density at radius 3 is 1.90 bits per heavy atom. The van der Waals surface area contributed by atoms with Crippen LogP contribution in [0.2, 0.25) is 0 Å². The number of ketones is 1. The van der Waals surface area contributed by atoms with Gasteiger partial charge >= 0.3 is 24.4 Å². The Balaban J connectivity index is 1.78. The van der Waals surface area contributed by atoms with Gasteiger partial charge < -0.3 is 30.7 Å². The number of rotatable bonds is 16. The Kier molecular flexibility index (Phi) is 14.8. The molecule has 4 rings (SSSR count). The maximum Gasteiger partial charge on any atom is 0.452 e. The van der Waals surface area contributed by atoms with Gasteiger partial charge in [-0.2, -0.15) is 35.1 Å². The molecule has 4 amide bonds. The van der Waals surface area contributed by atoms with Crippen LogP contribution >= 0.6 is 0 Å². The van der Waals surface area contributed by atoms with Crippen molar-refractivity contribution < 1.29 is 77.4 Å². The van der Waals surface area contributed by atoms with Crippen molar-refractivity contribution in [1.82, 2.24) is 20.9 Å². The summed E-state index contributed by atoms with van der Waals surface area (Å²) in [6.07, 6.45) is -13.7. The fraction of sp³-hybridized carbons (Fsp3) is 0.410. The SMILES string of the molecule is COc1ccc(CS(=O)(=O)[C@@H]2C[C@@H](C(=O)N[C@H](C(=O)C(F)(F)F)C(C)C)N(C(=O)[C@H](Cc3ccc(CNC(=O)O)cc3)NC(=O)C(F)(F)c3ccccc3C(F)(F)F)C2)cc1. The summed E-state index contributed by atoms with van der Waals surface area (Å²) < 4.78 is 146. The number of sulfone groups is 1. The third-order valence-electron chi connectivity index (χ3n) is 9.78. The highest BCUT2D eigenvalue weighted by Gasteiger charge is 2.52. The lowest BCUT2D eigenvalue weighted by atomic mass is 9.98. The fourth-order valence-corrected chi connectivity index (χ4v) is 8.32. The number of carbonyl (C=O) groups is 5. The highest BCUT2D eigenvalue weighted by molar-refractivity contribution is 7.91. The van der Waals surface area contributed by atoms with E-state index >= 15 is 8.78 Å². The lowest BCUT2D eigenvalue weighted by molar-refractivity contribution is -0.175. The number of ether oxygens (including phenoxy) is 1. The molecule has 1 aliphatic heterocycles. The molecule has 1 aliphatic rings. The molecule has 0 aliphatic carbocycles. The second-order valence-electron chi connectivity index (χ2n) is 14.4. The number of nitrogens with zero attached hydrogens (tertiary/aromatic N) is 1. The van der Waals surface area contributed by atoms with Gasteiger partial charge in [-0.05, 0) is 47.2 Å². The Morgan fingerprint density at radius 2 is 1.38 bits per heavy atom. The molecule has 3 aromatic carbocycles. The molecule has 61 heavy (non-hydrogen) atoms. The summed E-state index contributed by atoms with van der Waals surface area (Å²) in [7, 11) is -3.01. The van der Waals surface area contributed by atoms with Crippen molar-refractivity contribution in [2.45, 2.75) is 80.6 Å². The zero-order valence-corrected chi connectivity index (χ0v) is 33.3. The first kappa shape index (κ1) is 47.9. The van der Waals surface area contributed by atoms with Gasteiger partial charge in [0.2, 0.25) is 11.8 Å². The highest BCUT2D eigenvalue weighted by Crippen LogP contribution is 2.40. The van der Waals surface area contributed by atoms with Crippen LogP contribution in [0.4, 0.5) is 39.9 Å². The van der Waals surface area contributed by atoms with E-state index in [0.717, 1.165) is 12.1 Å². The van der Waals surface area contributed by atoms with E-state index in [2.05, 4.69) is 5.32 Å². The van der Waals surface area contributed by atoms with E-state index in [-0.39, 0.29) is 17.7 Å². The number of likely N-dealkylation sites (tertiary alicyclic amines) is 1. The first-order valence-electron chi connectivity index (χ1n) is 18.2. The minimum atomic E-state index is -5.44. The second kappa shape index (κ2) is 18.9. The minimum Gasteiger partial charge on any atom is -0.497 e. The maximum atomic E-state index is 15.8. The van der Waals surface area contributed by atoms with E-state index in [0.29, 0.717) is 28.3 Å². The molecule has 13 nitrogen and oxygen atoms in total. The predicted molar refractivity (Wildman–Crippen MR) is 200 cm³/mol. The van der Waals surface area contributed by atoms with Gasteiger partial charge in [-0.1, -0.05) is 68.4 Å². The van der Waals surface area contributed by atoms with Crippen molar-refractivity contribution in [3.8, 4) is 5.75 Å². The molecule has 0 saturated carbocycles. The molecule has 4 N–H and O–H groups in total. The molecule has 1 heterocycles. The summed E-state index contributed by atoms with van der Waals surface area (Å²) in [5, 5.41) is 13.0. The van der Waals surface area contributed by atoms with Crippen molar-refractivity contribution in [3.63, 3.8) is 0 Å². The molecular formula is C39H40F8N4O9S. The van der Waals surface area contributed by atoms with Crippen molar-refractivity contribution in [2.24, 2.45) is 5.92 Å². The van der Waals surface area contributed by atoms with Gasteiger partial charge in [-0.3, -0.25) is 19.2 Å². The number of hydrogen-bond donors (Lipinski definition) is 4. The lowest BCUT2D eigenvalue weighted by Crippen LogP contribution is -2.58. The van der Waals surface area contributed by atoms with Crippen LogP contribution in [0.3, 0.4) is 0 Å². The summed E-state index contributed by atoms with van der Waals surface area (Å²) >= 11 is 0. The number of carbonyl (C=O) groups excluding carboxylic acids is 4. The van der Waals surface area contributed by atoms with Crippen molar-refractivity contribution >= 4 is 39.4 Å². The average molecular weight is 893 g/mol. The monoisotopic (exact) mass is 892 g/mol. The van der Waals surface area contributed by atoms with E-state index in [4.69, 9.17) is 9.84 Å². The number of carboxylic acid groups (broad SMARTS) is 1. The Morgan fingerprint density at radius 1 is 0.820 bits per heavy atom. The summed E-state index contributed by atoms with van der Waals surface area (Å²) in [5.74, 6) is -14.1. The molecule has 0 aromatic heterocycles. The molecule has 0 unspecified atom stereocenters. The van der Waals surface area contributed by atoms with Crippen LogP contribution in [0.25, 0.3) is 0 Å². The van der Waals surface area contributed by atoms with Crippen molar-refractivity contribution in [1.29, 1.82) is 0 Å². The summed E-state index contributed by atoms with van der Waals surface area (Å²) in [5.41, 5.74) is -2.99. The summed E-state index contributed by atoms with van der Waals surface area (Å²) in [4.78, 5) is 65.5. The second-order valence-corrected chi connectivity index (χ2v) is 16.7. The number of methoxy groups -OCH3 is 1. The van der Waals surface area contributed by atoms with Gasteiger partial charge in [0.05, 0.1) is 29.7 Å². The van der Waals surface area contributed by atoms with Gasteiger partial charge in [-0.25, -0.2) is 13.2 Å². The molecule has 0 spiro atoms. The topological polar surface area (TPSA) is 188 Å². The number of alkyl halides is 8. The third-order valence-corrected chi connectivity index (χ3v) is 11.9. The number of benzene rings is 3. The standard InChI is InChI=1S/C39H40F8N4O9S/c1-21(2)31(32(52)39(45,46)47)50-33(53)30-17-26(61(58,59)20-24-12-14-25(60-3)15-13-24)19-51(30)34(54)29(16-22-8-10-23(11-9-22)18-48-36(56)57)49-35(55)37(40,41)27-6-4-5-7-28(27)38(42,43)44/h4-15,21,26,29-31,48H,16-20H2,1-3H3,(H,49,55)(H,50,53)(H,56,57)/t26-,29+,30+,31+/m1/s1. The summed E-state index contributed by atoms with van der Waals surface area (Å²) in [6, 6.07) is 6.80. The molecule has 0 radical (unpaired) electrons. The molecular weight excluding hydrogens is 852 g/mol. The average Bonchev–Trinajstić information content (AvgIpc) is 3.65. The van der Waals surface area contributed by atoms with Gasteiger partial charge in [0.15, 0.2) is 9.84 Å². The first-order chi connectivity index (χ1) is 28.3. The zero-order valence-electron chi connectivity index (χ0n) is 32.4. The quantitative estimate of drug-likeness (QED) is 0.141. The first-order valence-corrected chi connectivity index (χ1v) is 19.9. The molecule has 3 aromatic rings. The molecule has 1 saturated heterocycles. The molecule has 4 atom stereocenters. The van der Waals surface area contributed by atoms with Crippen LogP contribution in [0.1, 0.15) is 48.1 Å². The largest absolute Gasteiger partial charge is 0.497 e. The van der Waals surface area contributed by atoms with Crippen LogP contribution in [-0.2, 0) is 59.8 Å².